The number of unbranched alkanes of at least 4 members (excludes halogenated alkanes) is 7. The lowest BCUT2D eigenvalue weighted by Gasteiger charge is -2.37. The molecule has 1 aliphatic rings. The molecule has 0 aromatic heterocycles. The van der Waals surface area contributed by atoms with Crippen LogP contribution in [0.4, 0.5) is 0 Å². The first-order chi connectivity index (χ1) is 8.88. The summed E-state index contributed by atoms with van der Waals surface area (Å²) < 4.78 is 0. The lowest BCUT2D eigenvalue weighted by Crippen LogP contribution is -2.35. The summed E-state index contributed by atoms with van der Waals surface area (Å²) in [5.41, 5.74) is 0. The van der Waals surface area contributed by atoms with Crippen molar-refractivity contribution in [2.45, 2.75) is 84.5 Å². The molecule has 1 N–H and O–H groups in total. The Morgan fingerprint density at radius 3 is 1.94 bits per heavy atom. The Morgan fingerprint density at radius 1 is 0.778 bits per heavy atom. The Morgan fingerprint density at radius 2 is 1.39 bits per heavy atom. The van der Waals surface area contributed by atoms with Gasteiger partial charge in [0.1, 0.15) is 0 Å². The fourth-order valence-corrected chi connectivity index (χ4v) is 3.16. The van der Waals surface area contributed by atoms with Crippen LogP contribution in [0.5, 0.6) is 0 Å². The molecule has 0 aromatic carbocycles. The molecule has 18 heavy (non-hydrogen) atoms. The Hall–Kier alpha value is -0.0400. The summed E-state index contributed by atoms with van der Waals surface area (Å²) in [6.45, 7) is 6.92. The molecule has 1 heteroatoms. The third-order valence-electron chi connectivity index (χ3n) is 4.66. The molecule has 0 bridgehead atoms. The molecule has 0 amide bonds. The quantitative estimate of drug-likeness (QED) is 0.474. The van der Waals surface area contributed by atoms with Crippen LogP contribution in [0.2, 0.25) is 0 Å². The number of rotatable bonds is 12. The highest BCUT2D eigenvalue weighted by molar-refractivity contribution is 4.81. The van der Waals surface area contributed by atoms with Crippen molar-refractivity contribution in [1.82, 2.24) is 5.32 Å². The molecule has 0 spiro atoms. The van der Waals surface area contributed by atoms with E-state index in [0.29, 0.717) is 0 Å². The molecule has 1 aliphatic carbocycles. The molecule has 1 nitrogen and oxygen atoms in total. The highest BCUT2D eigenvalue weighted by atomic mass is 14.9. The molecule has 0 aromatic rings. The van der Waals surface area contributed by atoms with E-state index in [4.69, 9.17) is 0 Å². The average molecular weight is 253 g/mol. The van der Waals surface area contributed by atoms with Gasteiger partial charge in [-0.15, -0.1) is 0 Å². The van der Waals surface area contributed by atoms with Gasteiger partial charge >= 0.3 is 0 Å². The fraction of sp³-hybridized carbons (Fsp3) is 1.00. The van der Waals surface area contributed by atoms with Crippen LogP contribution in [0, 0.1) is 11.8 Å². The van der Waals surface area contributed by atoms with E-state index in [1.54, 1.807) is 0 Å². The normalized spacial score (nSPS) is 23.0. The summed E-state index contributed by atoms with van der Waals surface area (Å²) in [5, 5.41) is 3.51. The molecule has 1 fully saturated rings. The van der Waals surface area contributed by atoms with Crippen LogP contribution < -0.4 is 5.32 Å². The Balaban J connectivity index is 1.83. The maximum absolute atomic E-state index is 3.51. The van der Waals surface area contributed by atoms with Gasteiger partial charge in [-0.3, -0.25) is 0 Å². The summed E-state index contributed by atoms with van der Waals surface area (Å²) in [6.07, 6.45) is 16.2. The maximum atomic E-state index is 3.51. The molecule has 0 radical (unpaired) electrons. The van der Waals surface area contributed by atoms with Gasteiger partial charge in [-0.1, -0.05) is 71.6 Å². The third-order valence-corrected chi connectivity index (χ3v) is 4.66. The van der Waals surface area contributed by atoms with Crippen LogP contribution in [-0.2, 0) is 0 Å². The minimum atomic E-state index is 1.01. The largest absolute Gasteiger partial charge is 0.317 e. The predicted molar refractivity (Wildman–Crippen MR) is 82.0 cm³/mol. The van der Waals surface area contributed by atoms with Crippen molar-refractivity contribution in [3.63, 3.8) is 0 Å². The molecule has 0 aliphatic heterocycles. The van der Waals surface area contributed by atoms with Crippen molar-refractivity contribution in [1.29, 1.82) is 0 Å². The van der Waals surface area contributed by atoms with E-state index in [0.717, 1.165) is 18.4 Å². The average Bonchev–Trinajstić information content (AvgIpc) is 2.36. The second kappa shape index (κ2) is 10.8. The van der Waals surface area contributed by atoms with Gasteiger partial charge in [0.05, 0.1) is 0 Å². The van der Waals surface area contributed by atoms with Crippen molar-refractivity contribution < 1.29 is 0 Å². The molecular formula is C17H35N. The standard InChI is InChI=1S/C17H35N/c1-3-5-6-7-8-9-10-11-12-16-13-14-17(16)15-18-4-2/h16-18H,3-15H2,1-2H3. The van der Waals surface area contributed by atoms with E-state index in [2.05, 4.69) is 19.2 Å². The molecule has 0 saturated heterocycles. The van der Waals surface area contributed by atoms with Crippen molar-refractivity contribution in [2.24, 2.45) is 11.8 Å². The topological polar surface area (TPSA) is 12.0 Å². The van der Waals surface area contributed by atoms with Gasteiger partial charge < -0.3 is 5.32 Å². The number of hydrogen-bond donors (Lipinski definition) is 1. The van der Waals surface area contributed by atoms with Crippen molar-refractivity contribution in [2.75, 3.05) is 13.1 Å². The van der Waals surface area contributed by atoms with E-state index in [1.807, 2.05) is 0 Å². The summed E-state index contributed by atoms with van der Waals surface area (Å²) in [5.74, 6) is 2.07. The summed E-state index contributed by atoms with van der Waals surface area (Å²) in [7, 11) is 0. The van der Waals surface area contributed by atoms with Crippen molar-refractivity contribution >= 4 is 0 Å². The first-order valence-corrected chi connectivity index (χ1v) is 8.59. The van der Waals surface area contributed by atoms with Gasteiger partial charge in [-0.25, -0.2) is 0 Å². The van der Waals surface area contributed by atoms with Crippen LogP contribution >= 0.6 is 0 Å². The predicted octanol–water partition coefficient (Wildman–Crippen LogP) is 5.15. The Bertz CT molecular complexity index is 178. The first-order valence-electron chi connectivity index (χ1n) is 8.59. The van der Waals surface area contributed by atoms with Crippen LogP contribution in [0.3, 0.4) is 0 Å². The van der Waals surface area contributed by atoms with Crippen LogP contribution in [0.1, 0.15) is 84.5 Å². The summed E-state index contributed by atoms with van der Waals surface area (Å²) >= 11 is 0. The zero-order valence-corrected chi connectivity index (χ0v) is 12.8. The van der Waals surface area contributed by atoms with Crippen LogP contribution in [-0.4, -0.2) is 13.1 Å². The monoisotopic (exact) mass is 253 g/mol. The molecule has 2 unspecified atom stereocenters. The second-order valence-corrected chi connectivity index (χ2v) is 6.17. The highest BCUT2D eigenvalue weighted by Crippen LogP contribution is 2.37. The molecule has 0 heterocycles. The zero-order valence-electron chi connectivity index (χ0n) is 12.8. The van der Waals surface area contributed by atoms with Crippen molar-refractivity contribution in [3.8, 4) is 0 Å². The van der Waals surface area contributed by atoms with Crippen LogP contribution in [0.15, 0.2) is 0 Å². The maximum Gasteiger partial charge on any atom is -0.00180 e. The van der Waals surface area contributed by atoms with Gasteiger partial charge in [-0.05, 0) is 37.8 Å². The molecule has 1 saturated carbocycles. The lowest BCUT2D eigenvalue weighted by atomic mass is 9.71. The molecular weight excluding hydrogens is 218 g/mol. The Labute approximate surface area is 115 Å². The van der Waals surface area contributed by atoms with E-state index >= 15 is 0 Å². The van der Waals surface area contributed by atoms with E-state index < -0.39 is 0 Å². The van der Waals surface area contributed by atoms with Gasteiger partial charge in [-0.2, -0.15) is 0 Å². The number of nitrogens with one attached hydrogen (secondary N) is 1. The van der Waals surface area contributed by atoms with E-state index in [9.17, 15) is 0 Å². The minimum Gasteiger partial charge on any atom is -0.317 e. The molecule has 2 atom stereocenters. The SMILES string of the molecule is CCCCCCCCCCC1CCC1CNCC. The fourth-order valence-electron chi connectivity index (χ4n) is 3.16. The molecule has 1 rings (SSSR count). The zero-order chi connectivity index (χ0) is 13.1. The van der Waals surface area contributed by atoms with E-state index in [-0.39, 0.29) is 0 Å². The van der Waals surface area contributed by atoms with Crippen molar-refractivity contribution in [3.05, 3.63) is 0 Å². The first kappa shape index (κ1) is 16.0. The van der Waals surface area contributed by atoms with Gasteiger partial charge in [0.2, 0.25) is 0 Å². The second-order valence-electron chi connectivity index (χ2n) is 6.17. The van der Waals surface area contributed by atoms with Gasteiger partial charge in [0, 0.05) is 0 Å². The molecule has 108 valence electrons. The van der Waals surface area contributed by atoms with Crippen LogP contribution in [0.25, 0.3) is 0 Å². The lowest BCUT2D eigenvalue weighted by molar-refractivity contribution is 0.157. The third kappa shape index (κ3) is 6.78. The Kier molecular flexibility index (Phi) is 9.65. The number of hydrogen-bond acceptors (Lipinski definition) is 1. The summed E-state index contributed by atoms with van der Waals surface area (Å²) in [6, 6.07) is 0. The van der Waals surface area contributed by atoms with Gasteiger partial charge in [0.15, 0.2) is 0 Å². The van der Waals surface area contributed by atoms with Gasteiger partial charge in [0.25, 0.3) is 0 Å². The van der Waals surface area contributed by atoms with E-state index in [1.165, 1.54) is 77.2 Å². The highest BCUT2D eigenvalue weighted by Gasteiger charge is 2.29. The summed E-state index contributed by atoms with van der Waals surface area (Å²) in [4.78, 5) is 0. The smallest absolute Gasteiger partial charge is 0.00180 e. The minimum absolute atomic E-state index is 1.01.